The predicted octanol–water partition coefficient (Wildman–Crippen LogP) is 3.25. The van der Waals surface area contributed by atoms with Crippen molar-refractivity contribution in [2.45, 2.75) is 20.4 Å². The second-order valence-electron chi connectivity index (χ2n) is 6.38. The number of aryl methyl sites for hydroxylation is 2. The Bertz CT molecular complexity index is 792. The van der Waals surface area contributed by atoms with Crippen LogP contribution in [0.15, 0.2) is 46.9 Å². The Morgan fingerprint density at radius 1 is 1.04 bits per heavy atom. The zero-order valence-corrected chi connectivity index (χ0v) is 16.9. The Morgan fingerprint density at radius 3 is 2.46 bits per heavy atom. The Morgan fingerprint density at radius 2 is 1.77 bits per heavy atom. The summed E-state index contributed by atoms with van der Waals surface area (Å²) in [6.07, 6.45) is 0. The first-order valence-electron chi connectivity index (χ1n) is 8.41. The Kier molecular flexibility index (Phi) is 7.36. The van der Waals surface area contributed by atoms with E-state index in [-0.39, 0.29) is 24.9 Å². The lowest BCUT2D eigenvalue weighted by molar-refractivity contribution is -0.124. The van der Waals surface area contributed by atoms with Gasteiger partial charge in [0.2, 0.25) is 11.8 Å². The molecule has 0 aliphatic rings. The van der Waals surface area contributed by atoms with Crippen molar-refractivity contribution in [2.75, 3.05) is 25.5 Å². The summed E-state index contributed by atoms with van der Waals surface area (Å²) in [6.45, 7) is 4.84. The maximum atomic E-state index is 12.1. The normalized spacial score (nSPS) is 10.7. The van der Waals surface area contributed by atoms with Gasteiger partial charge in [0.15, 0.2) is 0 Å². The second-order valence-corrected chi connectivity index (χ2v) is 7.30. The lowest BCUT2D eigenvalue weighted by atomic mass is 10.1. The van der Waals surface area contributed by atoms with Gasteiger partial charge in [-0.1, -0.05) is 40.2 Å². The Labute approximate surface area is 162 Å². The van der Waals surface area contributed by atoms with Gasteiger partial charge in [0.05, 0.1) is 13.1 Å². The zero-order chi connectivity index (χ0) is 19.1. The zero-order valence-electron chi connectivity index (χ0n) is 15.3. The molecule has 26 heavy (non-hydrogen) atoms. The van der Waals surface area contributed by atoms with E-state index in [0.717, 1.165) is 15.7 Å². The molecule has 5 nitrogen and oxygen atoms in total. The van der Waals surface area contributed by atoms with Gasteiger partial charge in [0, 0.05) is 16.7 Å². The van der Waals surface area contributed by atoms with Crippen LogP contribution < -0.4 is 10.6 Å². The molecule has 0 saturated heterocycles. The smallest absolute Gasteiger partial charge is 0.243 e. The largest absolute Gasteiger partial charge is 0.346 e. The molecule has 6 heteroatoms. The number of halogens is 1. The van der Waals surface area contributed by atoms with Crippen LogP contribution in [0, 0.1) is 13.8 Å². The van der Waals surface area contributed by atoms with Gasteiger partial charge in [-0.25, -0.2) is 0 Å². The topological polar surface area (TPSA) is 61.4 Å². The van der Waals surface area contributed by atoms with Crippen molar-refractivity contribution in [3.63, 3.8) is 0 Å². The highest BCUT2D eigenvalue weighted by molar-refractivity contribution is 9.10. The molecule has 0 bridgehead atoms. The molecule has 0 radical (unpaired) electrons. The van der Waals surface area contributed by atoms with Gasteiger partial charge in [-0.2, -0.15) is 0 Å². The molecule has 0 aliphatic carbocycles. The fourth-order valence-electron chi connectivity index (χ4n) is 2.58. The standard InChI is InChI=1S/C20H24BrN3O2/c1-14-6-4-5-7-16(14)12-24(3)13-20(26)22-11-19(25)23-18-9-8-17(21)10-15(18)2/h4-10H,11-13H2,1-3H3,(H,22,26)(H,23,25). The van der Waals surface area contributed by atoms with Crippen molar-refractivity contribution < 1.29 is 9.59 Å². The summed E-state index contributed by atoms with van der Waals surface area (Å²) < 4.78 is 0.956. The number of likely N-dealkylation sites (N-methyl/N-ethyl adjacent to an activating group) is 1. The monoisotopic (exact) mass is 417 g/mol. The van der Waals surface area contributed by atoms with E-state index < -0.39 is 0 Å². The van der Waals surface area contributed by atoms with Gasteiger partial charge in [0.1, 0.15) is 0 Å². The van der Waals surface area contributed by atoms with Gasteiger partial charge in [0.25, 0.3) is 0 Å². The summed E-state index contributed by atoms with van der Waals surface area (Å²) in [6, 6.07) is 13.7. The summed E-state index contributed by atoms with van der Waals surface area (Å²) in [7, 11) is 1.89. The number of rotatable bonds is 7. The number of carbonyl (C=O) groups excluding carboxylic acids is 2. The van der Waals surface area contributed by atoms with Gasteiger partial charge < -0.3 is 10.6 Å². The van der Waals surface area contributed by atoms with E-state index in [1.807, 2.05) is 49.2 Å². The molecule has 2 aromatic rings. The quantitative estimate of drug-likeness (QED) is 0.726. The number of nitrogens with zero attached hydrogens (tertiary/aromatic N) is 1. The minimum atomic E-state index is -0.245. The number of amides is 2. The van der Waals surface area contributed by atoms with Gasteiger partial charge in [-0.3, -0.25) is 14.5 Å². The van der Waals surface area contributed by atoms with Crippen molar-refractivity contribution in [1.29, 1.82) is 0 Å². The maximum Gasteiger partial charge on any atom is 0.243 e. The van der Waals surface area contributed by atoms with Crippen molar-refractivity contribution in [2.24, 2.45) is 0 Å². The maximum absolute atomic E-state index is 12.1. The summed E-state index contributed by atoms with van der Waals surface area (Å²) >= 11 is 3.39. The van der Waals surface area contributed by atoms with Crippen LogP contribution in [-0.4, -0.2) is 36.9 Å². The van der Waals surface area contributed by atoms with Gasteiger partial charge >= 0.3 is 0 Å². The first-order chi connectivity index (χ1) is 12.3. The fraction of sp³-hybridized carbons (Fsp3) is 0.300. The van der Waals surface area contributed by atoms with E-state index in [9.17, 15) is 9.59 Å². The molecule has 0 fully saturated rings. The average Bonchev–Trinajstić information content (AvgIpc) is 2.57. The van der Waals surface area contributed by atoms with Crippen molar-refractivity contribution >= 4 is 33.4 Å². The van der Waals surface area contributed by atoms with E-state index in [0.29, 0.717) is 6.54 Å². The van der Waals surface area contributed by atoms with E-state index in [1.165, 1.54) is 11.1 Å². The third kappa shape index (κ3) is 6.28. The van der Waals surface area contributed by atoms with Gasteiger partial charge in [-0.15, -0.1) is 0 Å². The third-order valence-electron chi connectivity index (χ3n) is 4.02. The minimum Gasteiger partial charge on any atom is -0.346 e. The molecular formula is C20H24BrN3O2. The number of benzene rings is 2. The van der Waals surface area contributed by atoms with E-state index in [4.69, 9.17) is 0 Å². The van der Waals surface area contributed by atoms with Crippen LogP contribution in [-0.2, 0) is 16.1 Å². The Hall–Kier alpha value is -2.18. The van der Waals surface area contributed by atoms with Crippen LogP contribution in [0.2, 0.25) is 0 Å². The van der Waals surface area contributed by atoms with Gasteiger partial charge in [-0.05, 0) is 55.8 Å². The molecule has 0 spiro atoms. The summed E-state index contributed by atoms with van der Waals surface area (Å²) in [5.74, 6) is -0.422. The predicted molar refractivity (Wildman–Crippen MR) is 108 cm³/mol. The Balaban J connectivity index is 1.77. The number of hydrogen-bond acceptors (Lipinski definition) is 3. The summed E-state index contributed by atoms with van der Waals surface area (Å²) in [4.78, 5) is 26.0. The van der Waals surface area contributed by atoms with Crippen LogP contribution in [0.25, 0.3) is 0 Å². The second kappa shape index (κ2) is 9.50. The average molecular weight is 418 g/mol. The number of nitrogens with one attached hydrogen (secondary N) is 2. The van der Waals surface area contributed by atoms with Crippen LogP contribution in [0.4, 0.5) is 5.69 Å². The molecule has 2 rings (SSSR count). The molecule has 2 N–H and O–H groups in total. The molecule has 0 heterocycles. The molecule has 0 aromatic heterocycles. The van der Waals surface area contributed by atoms with E-state index in [2.05, 4.69) is 45.6 Å². The number of anilines is 1. The SMILES string of the molecule is Cc1ccccc1CN(C)CC(=O)NCC(=O)Nc1ccc(Br)cc1C. The molecule has 0 unspecified atom stereocenters. The highest BCUT2D eigenvalue weighted by Crippen LogP contribution is 2.19. The summed E-state index contributed by atoms with van der Waals surface area (Å²) in [5.41, 5.74) is 4.08. The van der Waals surface area contributed by atoms with E-state index in [1.54, 1.807) is 0 Å². The molecule has 0 atom stereocenters. The highest BCUT2D eigenvalue weighted by Gasteiger charge is 2.11. The first-order valence-corrected chi connectivity index (χ1v) is 9.20. The van der Waals surface area contributed by atoms with Crippen molar-refractivity contribution in [3.8, 4) is 0 Å². The van der Waals surface area contributed by atoms with Crippen LogP contribution in [0.3, 0.4) is 0 Å². The lowest BCUT2D eigenvalue weighted by Crippen LogP contribution is -2.39. The van der Waals surface area contributed by atoms with E-state index >= 15 is 0 Å². The lowest BCUT2D eigenvalue weighted by Gasteiger charge is -2.17. The molecular weight excluding hydrogens is 394 g/mol. The van der Waals surface area contributed by atoms with Crippen LogP contribution >= 0.6 is 15.9 Å². The molecule has 2 aromatic carbocycles. The molecule has 0 saturated carbocycles. The van der Waals surface area contributed by atoms with Crippen molar-refractivity contribution in [3.05, 3.63) is 63.6 Å². The fourth-order valence-corrected chi connectivity index (χ4v) is 3.05. The van der Waals surface area contributed by atoms with Crippen molar-refractivity contribution in [1.82, 2.24) is 10.2 Å². The van der Waals surface area contributed by atoms with Crippen LogP contribution in [0.5, 0.6) is 0 Å². The number of carbonyl (C=O) groups is 2. The van der Waals surface area contributed by atoms with Crippen LogP contribution in [0.1, 0.15) is 16.7 Å². The molecule has 0 aliphatic heterocycles. The first kappa shape index (κ1) is 20.1. The highest BCUT2D eigenvalue weighted by atomic mass is 79.9. The third-order valence-corrected chi connectivity index (χ3v) is 4.52. The molecule has 138 valence electrons. The summed E-state index contributed by atoms with van der Waals surface area (Å²) in [5, 5.41) is 5.47. The number of hydrogen-bond donors (Lipinski definition) is 2. The molecule has 2 amide bonds. The minimum absolute atomic E-state index is 0.0491.